The van der Waals surface area contributed by atoms with Gasteiger partial charge in [0.15, 0.2) is 0 Å². The summed E-state index contributed by atoms with van der Waals surface area (Å²) in [5.41, 5.74) is 13.7. The maximum atomic E-state index is 15.0. The van der Waals surface area contributed by atoms with Crippen LogP contribution in [0.2, 0.25) is 0 Å². The standard InChI is InChI=1S/2C32H31F2N3O2.C20H20F2N2.C12H11NO2.HI.V.H2/c2*33-32(34)29-22-7-1-3-9-24(22)31(25-10-4-2-8-23(25)30(29)32)37-17-15-36(16-18-37)19-21(38)20-39-28-13-5-12-27-26(28)11-6-14-35-27;21-20(22)17-13-5-1-3-7-15(13)19(24-11-9-23-10-12-24)16-8-4-2-6-14(16)18(17)20;1-4-11-10(3-2-6-13-11)12(5-1)15-8-9-7-14-9;;;/h2*1-14,21,29-31,38H,15-20H2;1-8,17-19,23H,9-12H2;1-6,9H,7-8H2;1H;;1H/p+1/t2*21-,29-,30+,31?;17-,18+,19?;9-;;;/m00.0.../s1. The van der Waals surface area contributed by atoms with E-state index in [0.717, 1.165) is 202 Å². The van der Waals surface area contributed by atoms with Gasteiger partial charge in [0.25, 0.3) is 17.8 Å². The third kappa shape index (κ3) is 16.4. The molecule has 12 atom stereocenters. The summed E-state index contributed by atoms with van der Waals surface area (Å²) in [5.74, 6) is -9.97. The van der Waals surface area contributed by atoms with Crippen LogP contribution in [0.4, 0.5) is 26.3 Å². The van der Waals surface area contributed by atoms with Gasteiger partial charge < -0.3 is 34.5 Å². The van der Waals surface area contributed by atoms with E-state index in [2.05, 4.69) is 56.9 Å². The Morgan fingerprint density at radius 2 is 0.630 bits per heavy atom. The summed E-state index contributed by atoms with van der Waals surface area (Å²) in [6.07, 6.45) is 4.33. The van der Waals surface area contributed by atoms with Gasteiger partial charge in [-0.25, -0.2) is 26.3 Å². The molecule has 4 aliphatic heterocycles. The largest absolute Gasteiger partial charge is 0.490 e. The molecule has 15 nitrogen and oxygen atoms in total. The average molecular weight is 1760 g/mol. The van der Waals surface area contributed by atoms with Gasteiger partial charge in [0.05, 0.1) is 89.9 Å². The number of hydrogen-bond acceptors (Lipinski definition) is 14. The number of nitrogens with zero attached hydrogens (tertiary/aromatic N) is 8. The van der Waals surface area contributed by atoms with Crippen LogP contribution >= 0.6 is 24.0 Å². The number of hydrogen-bond donors (Lipinski definition) is 3. The molecular formula is C96H97F6IN9O6V+. The third-order valence-electron chi connectivity index (χ3n) is 25.5. The van der Waals surface area contributed by atoms with Crippen LogP contribution in [0.3, 0.4) is 0 Å². The zero-order chi connectivity index (χ0) is 79.5. The molecular weight excluding hydrogens is 1670 g/mol. The van der Waals surface area contributed by atoms with Crippen LogP contribution in [0.25, 0.3) is 32.7 Å². The number of epoxide rings is 1. The van der Waals surface area contributed by atoms with Crippen molar-refractivity contribution in [2.45, 2.75) is 89.7 Å². The van der Waals surface area contributed by atoms with E-state index in [9.17, 15) is 36.6 Å². The second-order valence-electron chi connectivity index (χ2n) is 32.6. The maximum absolute atomic E-state index is 15.0. The number of halogens is 7. The number of piperazine rings is 3. The van der Waals surface area contributed by atoms with Crippen molar-refractivity contribution in [2.24, 2.45) is 0 Å². The van der Waals surface area contributed by atoms with E-state index in [-0.39, 0.29) is 81.4 Å². The van der Waals surface area contributed by atoms with Crippen LogP contribution in [0.5, 0.6) is 17.2 Å². The van der Waals surface area contributed by atoms with E-state index >= 15 is 0 Å². The smallest absolute Gasteiger partial charge is 0.263 e. The summed E-state index contributed by atoms with van der Waals surface area (Å²) in [6, 6.07) is 75.9. The Kier molecular flexibility index (Phi) is 24.2. The Morgan fingerprint density at radius 1 is 0.361 bits per heavy atom. The topological polar surface area (TPSA) is 152 Å². The molecule has 7 fully saturated rings. The van der Waals surface area contributed by atoms with Crippen LogP contribution in [0.15, 0.2) is 255 Å². The molecule has 10 aliphatic rings. The molecule has 3 saturated carbocycles. The summed E-state index contributed by atoms with van der Waals surface area (Å²) in [5, 5.41) is 26.8. The summed E-state index contributed by atoms with van der Waals surface area (Å²) >= 11 is 0. The summed E-state index contributed by atoms with van der Waals surface area (Å²) in [6.45, 7) is 13.4. The van der Waals surface area contributed by atoms with Crippen LogP contribution < -0.4 is 19.5 Å². The number of fused-ring (bicyclic) bond motifs is 18. The first-order chi connectivity index (χ1) is 57.2. The van der Waals surface area contributed by atoms with E-state index in [1.807, 2.05) is 224 Å². The number of pyridine rings is 3. The van der Waals surface area contributed by atoms with E-state index in [0.29, 0.717) is 19.7 Å². The molecule has 12 aromatic rings. The SMILES string of the molecule is FC1(F)[C@@H]2c3ccccc3C(N3CC[NH2+]CC3)c3ccccc3[C@@H]21.I.O[C@H](COc1cccc2ncccc12)CN1CCN(C2c3ccccc3[C@@H]3[C@H](c4ccccc42)C3(F)F)CC1.O[C@H](COc1cccc2ncccc12)CN1CCN(C2c3ccccc3[C@@H]3[C@H](c4ccccc42)C3(F)F)CC1.[HH].[V].c1cc(OC[C@@H]2CO2)c2cccnc2c1. The first-order valence-corrected chi connectivity index (χ1v) is 41.2. The van der Waals surface area contributed by atoms with Crippen molar-refractivity contribution in [1.29, 1.82) is 0 Å². The molecule has 3 unspecified atom stereocenters. The maximum Gasteiger partial charge on any atom is 0.263 e. The number of ether oxygens (including phenoxy) is 4. The van der Waals surface area contributed by atoms with E-state index in [1.54, 1.807) is 18.6 Å². The Labute approximate surface area is 719 Å². The molecule has 4 saturated heterocycles. The minimum atomic E-state index is -2.70. The monoisotopic (exact) mass is 1760 g/mol. The van der Waals surface area contributed by atoms with Crippen molar-refractivity contribution in [3.05, 3.63) is 322 Å². The molecule has 22 rings (SSSR count). The fourth-order valence-corrected chi connectivity index (χ4v) is 19.7. The van der Waals surface area contributed by atoms with Gasteiger partial charge in [-0.15, -0.1) is 24.0 Å². The zero-order valence-corrected chi connectivity index (χ0v) is 69.4. The van der Waals surface area contributed by atoms with E-state index in [1.165, 1.54) is 0 Å². The van der Waals surface area contributed by atoms with Crippen LogP contribution in [-0.4, -0.2) is 204 Å². The Morgan fingerprint density at radius 3 is 0.916 bits per heavy atom. The number of aliphatic hydroxyl groups is 2. The van der Waals surface area contributed by atoms with Gasteiger partial charge in [-0.2, -0.15) is 0 Å². The molecule has 1 radical (unpaired) electrons. The van der Waals surface area contributed by atoms with Crippen molar-refractivity contribution in [3.8, 4) is 17.2 Å². The molecule has 9 aromatic carbocycles. The van der Waals surface area contributed by atoms with Crippen molar-refractivity contribution in [2.75, 3.05) is 118 Å². The fraction of sp³-hybridized carbons (Fsp3) is 0.344. The molecule has 23 heteroatoms. The quantitative estimate of drug-likeness (QED) is 0.0478. The molecule has 4 N–H and O–H groups in total. The van der Waals surface area contributed by atoms with Crippen molar-refractivity contribution >= 4 is 56.7 Å². The predicted octanol–water partition coefficient (Wildman–Crippen LogP) is 15.8. The van der Waals surface area contributed by atoms with Crippen molar-refractivity contribution < 1.29 is 80.8 Å². The zero-order valence-electron chi connectivity index (χ0n) is 65.7. The Balaban J connectivity index is 0.000000124. The normalized spacial score (nSPS) is 24.8. The van der Waals surface area contributed by atoms with E-state index in [4.69, 9.17) is 18.9 Å². The molecule has 3 aromatic heterocycles. The van der Waals surface area contributed by atoms with Crippen molar-refractivity contribution in [3.63, 3.8) is 0 Å². The van der Waals surface area contributed by atoms with Gasteiger partial charge in [-0.05, 0) is 140 Å². The predicted molar refractivity (Wildman–Crippen MR) is 456 cm³/mol. The summed E-state index contributed by atoms with van der Waals surface area (Å²) in [4.78, 5) is 24.8. The number of alkyl halides is 6. The molecule has 615 valence electrons. The molecule has 0 amide bonds. The summed E-state index contributed by atoms with van der Waals surface area (Å²) in [7, 11) is 0. The van der Waals surface area contributed by atoms with Gasteiger partial charge in [0.1, 0.15) is 55.4 Å². The molecule has 7 heterocycles. The minimum Gasteiger partial charge on any atom is -0.490 e. The number of benzene rings is 9. The van der Waals surface area contributed by atoms with Gasteiger partial charge in [-0.3, -0.25) is 39.5 Å². The minimum absolute atomic E-state index is 0. The van der Waals surface area contributed by atoms with Gasteiger partial charge in [0, 0.05) is 133 Å². The van der Waals surface area contributed by atoms with Gasteiger partial charge in [0.2, 0.25) is 0 Å². The van der Waals surface area contributed by atoms with Crippen LogP contribution in [0.1, 0.15) is 122 Å². The number of aliphatic hydroxyl groups excluding tert-OH is 2. The summed E-state index contributed by atoms with van der Waals surface area (Å²) < 4.78 is 112. The number of quaternary nitrogens is 1. The van der Waals surface area contributed by atoms with Crippen LogP contribution in [-0.2, 0) is 23.3 Å². The number of aromatic nitrogens is 3. The van der Waals surface area contributed by atoms with Gasteiger partial charge in [-0.1, -0.05) is 164 Å². The second-order valence-corrected chi connectivity index (χ2v) is 32.6. The second kappa shape index (κ2) is 34.9. The third-order valence-corrected chi connectivity index (χ3v) is 25.5. The van der Waals surface area contributed by atoms with Crippen molar-refractivity contribution in [1.82, 2.24) is 39.5 Å². The molecule has 0 bridgehead atoms. The first kappa shape index (κ1) is 82.5. The Bertz CT molecular complexity index is 5180. The fourth-order valence-electron chi connectivity index (χ4n) is 19.7. The van der Waals surface area contributed by atoms with E-state index < -0.39 is 65.5 Å². The first-order valence-electron chi connectivity index (χ1n) is 41.2. The molecule has 119 heavy (non-hydrogen) atoms. The van der Waals surface area contributed by atoms with Crippen LogP contribution in [0, 0.1) is 0 Å². The molecule has 6 aliphatic carbocycles. The number of rotatable bonds is 16. The number of β-amino-alcohol motifs (C(OH)–C–C–N with tert-alkyl or cyclic N) is 2. The average Bonchev–Trinajstić information content (AvgIpc) is 1.54. The Hall–Kier alpha value is -8.86. The molecule has 0 spiro atoms. The number of nitrogens with two attached hydrogens (primary N) is 1. The van der Waals surface area contributed by atoms with Gasteiger partial charge >= 0.3 is 0 Å².